The fourth-order valence-electron chi connectivity index (χ4n) is 3.30. The molecule has 1 amide bonds. The van der Waals surface area contributed by atoms with Crippen molar-refractivity contribution in [1.82, 2.24) is 19.9 Å². The van der Waals surface area contributed by atoms with Crippen molar-refractivity contribution in [3.8, 4) is 39.9 Å². The number of ether oxygens (including phenoxy) is 2. The second-order valence-electron chi connectivity index (χ2n) is 7.20. The fourth-order valence-corrected chi connectivity index (χ4v) is 3.30. The normalized spacial score (nSPS) is 10.4. The van der Waals surface area contributed by atoms with Crippen LogP contribution in [0.5, 0.6) is 5.75 Å². The van der Waals surface area contributed by atoms with Crippen LogP contribution < -0.4 is 10.1 Å². The number of nitrogens with zero attached hydrogens (tertiary/aromatic N) is 4. The molecule has 0 radical (unpaired) electrons. The third kappa shape index (κ3) is 4.88. The van der Waals surface area contributed by atoms with Gasteiger partial charge in [0, 0.05) is 30.4 Å². The van der Waals surface area contributed by atoms with E-state index in [4.69, 9.17) is 9.47 Å². The standard InChI is InChI=1S/C25H21N5O4/c1-15(31)28-20-10-7-17(13-19(20)25(32)34-3)22-14-21(16-5-8-18(33-2)9-6-16)29-24(30-22)23-26-11-4-12-27-23/h4-14H,1-3H3,(H,28,31). The van der Waals surface area contributed by atoms with Crippen molar-refractivity contribution in [2.24, 2.45) is 0 Å². The van der Waals surface area contributed by atoms with Gasteiger partial charge in [0.05, 0.1) is 36.9 Å². The highest BCUT2D eigenvalue weighted by Gasteiger charge is 2.17. The van der Waals surface area contributed by atoms with E-state index in [1.54, 1.807) is 43.8 Å². The van der Waals surface area contributed by atoms with Gasteiger partial charge in [-0.15, -0.1) is 0 Å². The smallest absolute Gasteiger partial charge is 0.339 e. The largest absolute Gasteiger partial charge is 0.497 e. The van der Waals surface area contributed by atoms with Gasteiger partial charge in [0.15, 0.2) is 11.6 Å². The van der Waals surface area contributed by atoms with Crippen LogP contribution in [0.1, 0.15) is 17.3 Å². The molecule has 0 unspecified atom stereocenters. The summed E-state index contributed by atoms with van der Waals surface area (Å²) in [5.74, 6) is 0.532. The lowest BCUT2D eigenvalue weighted by Gasteiger charge is -2.12. The van der Waals surface area contributed by atoms with Crippen LogP contribution in [0.25, 0.3) is 34.2 Å². The van der Waals surface area contributed by atoms with E-state index in [1.807, 2.05) is 30.3 Å². The minimum absolute atomic E-state index is 0.206. The molecule has 4 rings (SSSR count). The van der Waals surface area contributed by atoms with Crippen LogP contribution in [0, 0.1) is 0 Å². The summed E-state index contributed by atoms with van der Waals surface area (Å²) in [6, 6.07) is 16.0. The highest BCUT2D eigenvalue weighted by atomic mass is 16.5. The zero-order valence-electron chi connectivity index (χ0n) is 18.8. The van der Waals surface area contributed by atoms with Crippen molar-refractivity contribution in [2.45, 2.75) is 6.92 Å². The molecule has 4 aromatic rings. The molecule has 0 atom stereocenters. The van der Waals surface area contributed by atoms with Gasteiger partial charge in [-0.2, -0.15) is 0 Å². The summed E-state index contributed by atoms with van der Waals surface area (Å²) < 4.78 is 10.2. The number of hydrogen-bond donors (Lipinski definition) is 1. The zero-order valence-corrected chi connectivity index (χ0v) is 18.8. The maximum atomic E-state index is 12.4. The lowest BCUT2D eigenvalue weighted by atomic mass is 10.0. The Morgan fingerprint density at radius 3 is 2.09 bits per heavy atom. The van der Waals surface area contributed by atoms with Gasteiger partial charge in [0.2, 0.25) is 5.91 Å². The number of esters is 1. The van der Waals surface area contributed by atoms with Crippen LogP contribution in [0.3, 0.4) is 0 Å². The molecule has 0 saturated heterocycles. The molecule has 0 spiro atoms. The van der Waals surface area contributed by atoms with E-state index in [0.29, 0.717) is 34.3 Å². The summed E-state index contributed by atoms with van der Waals surface area (Å²) in [5, 5.41) is 2.65. The molecule has 0 aliphatic heterocycles. The van der Waals surface area contributed by atoms with Crippen molar-refractivity contribution in [3.05, 3.63) is 72.6 Å². The van der Waals surface area contributed by atoms with Gasteiger partial charge < -0.3 is 14.8 Å². The SMILES string of the molecule is COC(=O)c1cc(-c2cc(-c3ccc(OC)cc3)nc(-c3ncccn3)n2)ccc1NC(C)=O. The Morgan fingerprint density at radius 1 is 0.824 bits per heavy atom. The topological polar surface area (TPSA) is 116 Å². The minimum Gasteiger partial charge on any atom is -0.497 e. The molecule has 2 aromatic carbocycles. The van der Waals surface area contributed by atoms with Crippen molar-refractivity contribution in [3.63, 3.8) is 0 Å². The molecule has 2 aromatic heterocycles. The van der Waals surface area contributed by atoms with Crippen LogP contribution in [0.2, 0.25) is 0 Å². The Labute approximate surface area is 195 Å². The van der Waals surface area contributed by atoms with Crippen LogP contribution in [0.15, 0.2) is 67.0 Å². The van der Waals surface area contributed by atoms with Gasteiger partial charge in [-0.1, -0.05) is 6.07 Å². The Bertz CT molecular complexity index is 1340. The number of carbonyl (C=O) groups excluding carboxylic acids is 2. The molecule has 2 heterocycles. The number of anilines is 1. The third-order valence-corrected chi connectivity index (χ3v) is 4.91. The van der Waals surface area contributed by atoms with Crippen molar-refractivity contribution < 1.29 is 19.1 Å². The fraction of sp³-hybridized carbons (Fsp3) is 0.120. The molecular weight excluding hydrogens is 434 g/mol. The summed E-state index contributed by atoms with van der Waals surface area (Å²) in [4.78, 5) is 41.8. The predicted molar refractivity (Wildman–Crippen MR) is 126 cm³/mol. The van der Waals surface area contributed by atoms with Gasteiger partial charge in [-0.3, -0.25) is 4.79 Å². The average Bonchev–Trinajstić information content (AvgIpc) is 2.88. The highest BCUT2D eigenvalue weighted by Crippen LogP contribution is 2.30. The second-order valence-corrected chi connectivity index (χ2v) is 7.20. The quantitative estimate of drug-likeness (QED) is 0.433. The van der Waals surface area contributed by atoms with E-state index in [0.717, 1.165) is 11.3 Å². The highest BCUT2D eigenvalue weighted by molar-refractivity contribution is 6.01. The Hall–Kier alpha value is -4.66. The number of aromatic nitrogens is 4. The molecule has 0 fully saturated rings. The van der Waals surface area contributed by atoms with Gasteiger partial charge >= 0.3 is 5.97 Å². The van der Waals surface area contributed by atoms with Crippen LogP contribution in [0.4, 0.5) is 5.69 Å². The van der Waals surface area contributed by atoms with Crippen LogP contribution in [-0.4, -0.2) is 46.0 Å². The first kappa shape index (κ1) is 22.5. The van der Waals surface area contributed by atoms with E-state index >= 15 is 0 Å². The molecule has 0 bridgehead atoms. The molecule has 1 N–H and O–H groups in total. The number of carbonyl (C=O) groups is 2. The number of benzene rings is 2. The van der Waals surface area contributed by atoms with Gasteiger partial charge in [-0.25, -0.2) is 24.7 Å². The van der Waals surface area contributed by atoms with Gasteiger partial charge in [0.25, 0.3) is 0 Å². The number of amides is 1. The predicted octanol–water partition coefficient (Wildman–Crippen LogP) is 4.02. The van der Waals surface area contributed by atoms with Crippen LogP contribution >= 0.6 is 0 Å². The average molecular weight is 455 g/mol. The number of hydrogen-bond acceptors (Lipinski definition) is 8. The van der Waals surface area contributed by atoms with E-state index in [2.05, 4.69) is 25.3 Å². The number of methoxy groups -OCH3 is 2. The molecular formula is C25H21N5O4. The lowest BCUT2D eigenvalue weighted by Crippen LogP contribution is -2.12. The first-order valence-electron chi connectivity index (χ1n) is 10.3. The van der Waals surface area contributed by atoms with E-state index in [-0.39, 0.29) is 11.5 Å². The molecule has 0 aliphatic rings. The Kier molecular flexibility index (Phi) is 6.54. The van der Waals surface area contributed by atoms with E-state index in [1.165, 1.54) is 14.0 Å². The molecule has 170 valence electrons. The van der Waals surface area contributed by atoms with Crippen LogP contribution in [-0.2, 0) is 9.53 Å². The molecule has 34 heavy (non-hydrogen) atoms. The van der Waals surface area contributed by atoms with Gasteiger partial charge in [0.1, 0.15) is 5.75 Å². The molecule has 9 nitrogen and oxygen atoms in total. The minimum atomic E-state index is -0.582. The lowest BCUT2D eigenvalue weighted by molar-refractivity contribution is -0.114. The van der Waals surface area contributed by atoms with Crippen molar-refractivity contribution in [1.29, 1.82) is 0 Å². The molecule has 9 heteroatoms. The van der Waals surface area contributed by atoms with Gasteiger partial charge in [-0.05, 0) is 48.5 Å². The number of nitrogens with one attached hydrogen (secondary N) is 1. The monoisotopic (exact) mass is 455 g/mol. The number of rotatable bonds is 6. The van der Waals surface area contributed by atoms with Crippen molar-refractivity contribution in [2.75, 3.05) is 19.5 Å². The maximum absolute atomic E-state index is 12.4. The molecule has 0 aliphatic carbocycles. The van der Waals surface area contributed by atoms with E-state index < -0.39 is 5.97 Å². The summed E-state index contributed by atoms with van der Waals surface area (Å²) in [7, 11) is 2.88. The zero-order chi connectivity index (χ0) is 24.1. The summed E-state index contributed by atoms with van der Waals surface area (Å²) in [6.07, 6.45) is 3.23. The summed E-state index contributed by atoms with van der Waals surface area (Å²) in [5.41, 5.74) is 3.20. The first-order chi connectivity index (χ1) is 16.5. The van der Waals surface area contributed by atoms with E-state index in [9.17, 15) is 9.59 Å². The third-order valence-electron chi connectivity index (χ3n) is 4.91. The second kappa shape index (κ2) is 9.86. The molecule has 0 saturated carbocycles. The first-order valence-corrected chi connectivity index (χ1v) is 10.3. The summed E-state index contributed by atoms with van der Waals surface area (Å²) in [6.45, 7) is 1.37. The maximum Gasteiger partial charge on any atom is 0.339 e. The summed E-state index contributed by atoms with van der Waals surface area (Å²) >= 11 is 0. The van der Waals surface area contributed by atoms with Crippen molar-refractivity contribution >= 4 is 17.6 Å². The Balaban J connectivity index is 1.88. The Morgan fingerprint density at radius 2 is 1.47 bits per heavy atom.